The maximum Gasteiger partial charge on any atom is 0.408 e. The molecule has 0 bridgehead atoms. The van der Waals surface area contributed by atoms with E-state index in [0.717, 1.165) is 17.2 Å². The Balaban J connectivity index is 1.74. The summed E-state index contributed by atoms with van der Waals surface area (Å²) in [6, 6.07) is 23.7. The fourth-order valence-corrected chi connectivity index (χ4v) is 5.06. The van der Waals surface area contributed by atoms with Crippen molar-refractivity contribution in [3.63, 3.8) is 0 Å². The van der Waals surface area contributed by atoms with Crippen LogP contribution in [-0.4, -0.2) is 51.2 Å². The van der Waals surface area contributed by atoms with Crippen LogP contribution in [-0.2, 0) is 20.7 Å². The van der Waals surface area contributed by atoms with Gasteiger partial charge in [0.15, 0.2) is 0 Å². The fraction of sp³-hybridized carbons (Fsp3) is 0.306. The lowest BCUT2D eigenvalue weighted by Gasteiger charge is -2.34. The number of phenolic OH excluding ortho intramolecular Hbond substituents is 2. The molecule has 4 N–H and O–H groups in total. The number of anilines is 1. The molecule has 0 saturated carbocycles. The molecule has 0 aliphatic carbocycles. The van der Waals surface area contributed by atoms with Gasteiger partial charge in [-0.25, -0.2) is 4.79 Å². The molecule has 0 aliphatic heterocycles. The number of unbranched alkanes of at least 4 members (excludes halogenated alkanes) is 1. The van der Waals surface area contributed by atoms with Crippen molar-refractivity contribution < 1.29 is 29.3 Å². The minimum atomic E-state index is -1.13. The maximum absolute atomic E-state index is 14.5. The van der Waals surface area contributed by atoms with Gasteiger partial charge in [0.2, 0.25) is 5.91 Å². The molecule has 0 aliphatic rings. The van der Waals surface area contributed by atoms with Crippen LogP contribution in [0.3, 0.4) is 0 Å². The molecule has 0 saturated heterocycles. The van der Waals surface area contributed by atoms with Crippen molar-refractivity contribution >= 4 is 34.4 Å². The number of hydrogen-bond acceptors (Lipinski definition) is 6. The SMILES string of the molecule is CCCCN(C(=O)C(Cc1ccc(O)cc1)NC(=O)OC(C)(C)C)C(C(=O)Nc1ccc2ccccc2c1)c1cccc(O)c1. The Bertz CT molecular complexity index is 1630. The van der Waals surface area contributed by atoms with Crippen molar-refractivity contribution in [2.75, 3.05) is 11.9 Å². The van der Waals surface area contributed by atoms with Gasteiger partial charge in [0, 0.05) is 18.7 Å². The van der Waals surface area contributed by atoms with Crippen LogP contribution >= 0.6 is 0 Å². The summed E-state index contributed by atoms with van der Waals surface area (Å²) < 4.78 is 5.49. The van der Waals surface area contributed by atoms with Crippen molar-refractivity contribution in [2.45, 2.75) is 64.6 Å². The van der Waals surface area contributed by atoms with Gasteiger partial charge in [-0.2, -0.15) is 0 Å². The lowest BCUT2D eigenvalue weighted by Crippen LogP contribution is -2.53. The van der Waals surface area contributed by atoms with Crippen molar-refractivity contribution in [1.82, 2.24) is 10.2 Å². The van der Waals surface area contributed by atoms with Gasteiger partial charge in [0.1, 0.15) is 29.2 Å². The molecule has 45 heavy (non-hydrogen) atoms. The molecule has 0 heterocycles. The molecular weight excluding hydrogens is 570 g/mol. The molecule has 0 spiro atoms. The smallest absolute Gasteiger partial charge is 0.408 e. The predicted molar refractivity (Wildman–Crippen MR) is 175 cm³/mol. The number of hydrogen-bond donors (Lipinski definition) is 4. The first kappa shape index (κ1) is 32.9. The topological polar surface area (TPSA) is 128 Å². The van der Waals surface area contributed by atoms with E-state index in [-0.39, 0.29) is 24.5 Å². The number of nitrogens with zero attached hydrogens (tertiary/aromatic N) is 1. The largest absolute Gasteiger partial charge is 0.508 e. The van der Waals surface area contributed by atoms with E-state index < -0.39 is 35.6 Å². The number of carbonyl (C=O) groups excluding carboxylic acids is 3. The molecule has 236 valence electrons. The second kappa shape index (κ2) is 14.6. The van der Waals surface area contributed by atoms with Crippen molar-refractivity contribution in [1.29, 1.82) is 0 Å². The Hall–Kier alpha value is -5.05. The van der Waals surface area contributed by atoms with E-state index in [1.165, 1.54) is 29.2 Å². The molecule has 4 rings (SSSR count). The molecule has 2 unspecified atom stereocenters. The third-order valence-electron chi connectivity index (χ3n) is 7.16. The summed E-state index contributed by atoms with van der Waals surface area (Å²) in [5.41, 5.74) is 0.854. The van der Waals surface area contributed by atoms with Gasteiger partial charge in [-0.05, 0) is 85.5 Å². The summed E-state index contributed by atoms with van der Waals surface area (Å²) in [6.07, 6.45) is 0.637. The van der Waals surface area contributed by atoms with Crippen LogP contribution in [0.4, 0.5) is 10.5 Å². The zero-order chi connectivity index (χ0) is 32.6. The molecule has 4 aromatic carbocycles. The summed E-state index contributed by atoms with van der Waals surface area (Å²) in [6.45, 7) is 7.38. The quantitative estimate of drug-likeness (QED) is 0.150. The Kier molecular flexibility index (Phi) is 10.7. The zero-order valence-corrected chi connectivity index (χ0v) is 26.1. The first-order valence-electron chi connectivity index (χ1n) is 15.1. The van der Waals surface area contributed by atoms with E-state index in [1.807, 2.05) is 43.3 Å². The van der Waals surface area contributed by atoms with E-state index in [9.17, 15) is 24.6 Å². The highest BCUT2D eigenvalue weighted by Crippen LogP contribution is 2.29. The summed E-state index contributed by atoms with van der Waals surface area (Å²) in [4.78, 5) is 43.1. The Morgan fingerprint density at radius 3 is 2.22 bits per heavy atom. The Morgan fingerprint density at radius 2 is 1.56 bits per heavy atom. The second-order valence-electron chi connectivity index (χ2n) is 12.0. The molecule has 0 fully saturated rings. The predicted octanol–water partition coefficient (Wildman–Crippen LogP) is 6.70. The third kappa shape index (κ3) is 9.22. The highest BCUT2D eigenvalue weighted by molar-refractivity contribution is 6.00. The monoisotopic (exact) mass is 611 g/mol. The lowest BCUT2D eigenvalue weighted by atomic mass is 9.99. The number of rotatable bonds is 11. The number of fused-ring (bicyclic) bond motifs is 1. The van der Waals surface area contributed by atoms with Gasteiger partial charge in [0.25, 0.3) is 5.91 Å². The van der Waals surface area contributed by atoms with E-state index in [0.29, 0.717) is 23.2 Å². The van der Waals surface area contributed by atoms with Gasteiger partial charge < -0.3 is 30.5 Å². The first-order valence-corrected chi connectivity index (χ1v) is 15.1. The van der Waals surface area contributed by atoms with Crippen LogP contribution < -0.4 is 10.6 Å². The highest BCUT2D eigenvalue weighted by atomic mass is 16.6. The summed E-state index contributed by atoms with van der Waals surface area (Å²) >= 11 is 0. The molecule has 9 nitrogen and oxygen atoms in total. The number of phenols is 2. The average molecular weight is 612 g/mol. The van der Waals surface area contributed by atoms with Gasteiger partial charge >= 0.3 is 6.09 Å². The van der Waals surface area contributed by atoms with Crippen molar-refractivity contribution in [3.8, 4) is 11.5 Å². The fourth-order valence-electron chi connectivity index (χ4n) is 5.06. The first-order chi connectivity index (χ1) is 21.4. The van der Waals surface area contributed by atoms with Crippen LogP contribution in [0.25, 0.3) is 10.8 Å². The molecule has 0 radical (unpaired) electrons. The van der Waals surface area contributed by atoms with Crippen molar-refractivity contribution in [3.05, 3.63) is 102 Å². The van der Waals surface area contributed by atoms with E-state index in [4.69, 9.17) is 4.74 Å². The van der Waals surface area contributed by atoms with Gasteiger partial charge in [-0.15, -0.1) is 0 Å². The number of benzene rings is 4. The maximum atomic E-state index is 14.5. The molecule has 2 atom stereocenters. The number of amides is 3. The summed E-state index contributed by atoms with van der Waals surface area (Å²) in [7, 11) is 0. The van der Waals surface area contributed by atoms with Gasteiger partial charge in [0.05, 0.1) is 0 Å². The van der Waals surface area contributed by atoms with Crippen LogP contribution in [0.2, 0.25) is 0 Å². The highest BCUT2D eigenvalue weighted by Gasteiger charge is 2.36. The third-order valence-corrected chi connectivity index (χ3v) is 7.16. The summed E-state index contributed by atoms with van der Waals surface area (Å²) in [5.74, 6) is -0.947. The standard InChI is InChI=1S/C36H41N3O6/c1-5-6-20-39(34(43)31(38-35(44)45-36(2,3)4)21-24-14-18-29(40)19-15-24)32(27-12-9-13-30(41)23-27)33(42)37-28-17-16-25-10-7-8-11-26(25)22-28/h7-19,22-23,31-32,40-41H,5-6,20-21H2,1-4H3,(H,37,42)(H,38,44). The number of aromatic hydroxyl groups is 2. The number of alkyl carbamates (subject to hydrolysis) is 1. The van der Waals surface area contributed by atoms with Crippen LogP contribution in [0.15, 0.2) is 91.0 Å². The summed E-state index contributed by atoms with van der Waals surface area (Å²) in [5, 5.41) is 27.8. The minimum Gasteiger partial charge on any atom is -0.508 e. The van der Waals surface area contributed by atoms with Gasteiger partial charge in [-0.3, -0.25) is 9.59 Å². The number of ether oxygens (including phenoxy) is 1. The molecule has 3 amide bonds. The Morgan fingerprint density at radius 1 is 0.844 bits per heavy atom. The van der Waals surface area contributed by atoms with E-state index in [1.54, 1.807) is 51.1 Å². The number of nitrogens with one attached hydrogen (secondary N) is 2. The second-order valence-corrected chi connectivity index (χ2v) is 12.0. The average Bonchev–Trinajstić information content (AvgIpc) is 2.98. The molecule has 0 aromatic heterocycles. The molecule has 9 heteroatoms. The Labute approximate surface area is 263 Å². The van der Waals surface area contributed by atoms with E-state index in [2.05, 4.69) is 10.6 Å². The van der Waals surface area contributed by atoms with E-state index >= 15 is 0 Å². The number of carbonyl (C=O) groups is 3. The van der Waals surface area contributed by atoms with Gasteiger partial charge in [-0.1, -0.05) is 67.9 Å². The van der Waals surface area contributed by atoms with Crippen LogP contribution in [0.1, 0.15) is 57.7 Å². The minimum absolute atomic E-state index is 0.0496. The zero-order valence-electron chi connectivity index (χ0n) is 26.1. The normalized spacial score (nSPS) is 12.6. The lowest BCUT2D eigenvalue weighted by molar-refractivity contribution is -0.140. The van der Waals surface area contributed by atoms with Crippen molar-refractivity contribution in [2.24, 2.45) is 0 Å². The molecule has 4 aromatic rings. The molecular formula is C36H41N3O6. The van der Waals surface area contributed by atoms with Crippen LogP contribution in [0.5, 0.6) is 11.5 Å². The van der Waals surface area contributed by atoms with Crippen LogP contribution in [0, 0.1) is 0 Å².